The zero-order valence-electron chi connectivity index (χ0n) is 14.7. The minimum absolute atomic E-state index is 0.0518. The molecule has 1 aliphatic heterocycles. The van der Waals surface area contributed by atoms with E-state index >= 15 is 0 Å². The van der Waals surface area contributed by atoms with E-state index in [-0.39, 0.29) is 29.6 Å². The average Bonchev–Trinajstić information content (AvgIpc) is 2.36. The highest BCUT2D eigenvalue weighted by molar-refractivity contribution is 9.10. The Labute approximate surface area is 147 Å². The molecule has 1 fully saturated rings. The van der Waals surface area contributed by atoms with Crippen LogP contribution in [-0.4, -0.2) is 29.6 Å². The van der Waals surface area contributed by atoms with Crippen molar-refractivity contribution in [2.24, 2.45) is 0 Å². The summed E-state index contributed by atoms with van der Waals surface area (Å²) in [5.74, 6) is 0.669. The largest absolute Gasteiger partial charge is 0.484 e. The van der Waals surface area contributed by atoms with Crippen LogP contribution in [0.5, 0.6) is 5.75 Å². The van der Waals surface area contributed by atoms with Gasteiger partial charge in [0.05, 0.1) is 11.1 Å². The lowest BCUT2D eigenvalue weighted by Gasteiger charge is -2.43. The van der Waals surface area contributed by atoms with Crippen LogP contribution in [0.2, 0.25) is 0 Å². The molecule has 0 bridgehead atoms. The van der Waals surface area contributed by atoms with Gasteiger partial charge in [-0.3, -0.25) is 4.79 Å². The number of carbonyl (C=O) groups is 1. The highest BCUT2D eigenvalue weighted by atomic mass is 79.9. The second kappa shape index (κ2) is 6.81. The Morgan fingerprint density at radius 3 is 2.48 bits per heavy atom. The smallest absolute Gasteiger partial charge is 0.258 e. The lowest BCUT2D eigenvalue weighted by molar-refractivity contribution is -0.787. The third kappa shape index (κ3) is 5.50. The van der Waals surface area contributed by atoms with Crippen molar-refractivity contribution in [2.75, 3.05) is 6.61 Å². The van der Waals surface area contributed by atoms with Crippen molar-refractivity contribution in [3.8, 4) is 5.75 Å². The third-order valence-corrected chi connectivity index (χ3v) is 5.08. The molecule has 1 aromatic rings. The second-order valence-electron chi connectivity index (χ2n) is 7.99. The molecule has 128 valence electrons. The van der Waals surface area contributed by atoms with Gasteiger partial charge in [0.25, 0.3) is 5.91 Å². The third-order valence-electron chi connectivity index (χ3n) is 4.19. The maximum absolute atomic E-state index is 12.2. The molecule has 1 heterocycles. The standard InChI is InChI=1S/C18H27BrN2O2/c1-12-8-14(6-7-15(12)19)23-11-16(22)20-13-9-17(2,3)21-18(4,5)10-13/h6-8,13,21H,9-11H2,1-5H3,(H,20,22)/p+1. The van der Waals surface area contributed by atoms with Crippen molar-refractivity contribution in [1.29, 1.82) is 0 Å². The number of ether oxygens (including phenoxy) is 1. The number of amides is 1. The average molecular weight is 384 g/mol. The van der Waals surface area contributed by atoms with Crippen LogP contribution in [-0.2, 0) is 4.79 Å². The van der Waals surface area contributed by atoms with E-state index in [1.165, 1.54) is 0 Å². The Hall–Kier alpha value is -1.07. The van der Waals surface area contributed by atoms with Gasteiger partial charge in [0.15, 0.2) is 6.61 Å². The van der Waals surface area contributed by atoms with Crippen LogP contribution < -0.4 is 15.4 Å². The highest BCUT2D eigenvalue weighted by Gasteiger charge is 2.42. The van der Waals surface area contributed by atoms with Gasteiger partial charge in [-0.1, -0.05) is 15.9 Å². The number of aryl methyl sites for hydroxylation is 1. The quantitative estimate of drug-likeness (QED) is 0.838. The summed E-state index contributed by atoms with van der Waals surface area (Å²) >= 11 is 3.46. The van der Waals surface area contributed by atoms with Crippen molar-refractivity contribution in [3.05, 3.63) is 28.2 Å². The van der Waals surface area contributed by atoms with Gasteiger partial charge < -0.3 is 15.4 Å². The number of hydrogen-bond donors (Lipinski definition) is 2. The first kappa shape index (κ1) is 18.3. The molecule has 2 rings (SSSR count). The van der Waals surface area contributed by atoms with Gasteiger partial charge in [-0.15, -0.1) is 0 Å². The number of carbonyl (C=O) groups excluding carboxylic acids is 1. The number of piperidine rings is 1. The zero-order valence-corrected chi connectivity index (χ0v) is 16.3. The number of hydrogen-bond acceptors (Lipinski definition) is 2. The van der Waals surface area contributed by atoms with E-state index in [1.54, 1.807) is 0 Å². The maximum atomic E-state index is 12.2. The van der Waals surface area contributed by atoms with Crippen LogP contribution in [0.15, 0.2) is 22.7 Å². The molecular weight excluding hydrogens is 356 g/mol. The highest BCUT2D eigenvalue weighted by Crippen LogP contribution is 2.23. The molecule has 0 atom stereocenters. The molecule has 1 aliphatic rings. The van der Waals surface area contributed by atoms with Gasteiger partial charge in [0, 0.05) is 23.4 Å². The van der Waals surface area contributed by atoms with Crippen molar-refractivity contribution in [1.82, 2.24) is 5.32 Å². The van der Waals surface area contributed by atoms with Crippen LogP contribution in [0.25, 0.3) is 0 Å². The number of benzene rings is 1. The summed E-state index contributed by atoms with van der Waals surface area (Å²) in [5.41, 5.74) is 1.38. The Bertz CT molecular complexity index is 568. The van der Waals surface area contributed by atoms with Gasteiger partial charge in [-0.05, 0) is 58.4 Å². The van der Waals surface area contributed by atoms with E-state index in [0.29, 0.717) is 0 Å². The van der Waals surface area contributed by atoms with Crippen molar-refractivity contribution in [2.45, 2.75) is 64.6 Å². The molecule has 0 unspecified atom stereocenters. The van der Waals surface area contributed by atoms with E-state index in [1.807, 2.05) is 25.1 Å². The van der Waals surface area contributed by atoms with Gasteiger partial charge in [-0.2, -0.15) is 0 Å². The lowest BCUT2D eigenvalue weighted by Crippen LogP contribution is -3.06. The zero-order chi connectivity index (χ0) is 17.3. The fraction of sp³-hybridized carbons (Fsp3) is 0.611. The number of quaternary nitrogens is 1. The monoisotopic (exact) mass is 383 g/mol. The van der Waals surface area contributed by atoms with Gasteiger partial charge in [-0.25, -0.2) is 0 Å². The molecule has 3 N–H and O–H groups in total. The SMILES string of the molecule is Cc1cc(OCC(=O)NC2CC(C)(C)[NH2+]C(C)(C)C2)ccc1Br. The van der Waals surface area contributed by atoms with Gasteiger partial charge in [0.1, 0.15) is 5.75 Å². The summed E-state index contributed by atoms with van der Waals surface area (Å²) in [6.45, 7) is 11.0. The predicted molar refractivity (Wildman–Crippen MR) is 95.6 cm³/mol. The minimum atomic E-state index is -0.0518. The van der Waals surface area contributed by atoms with E-state index in [4.69, 9.17) is 4.74 Å². The second-order valence-corrected chi connectivity index (χ2v) is 8.85. The molecule has 0 spiro atoms. The number of rotatable bonds is 4. The Balaban J connectivity index is 1.88. The molecule has 0 aromatic heterocycles. The summed E-state index contributed by atoms with van der Waals surface area (Å²) in [5, 5.41) is 5.54. The Morgan fingerprint density at radius 2 is 1.91 bits per heavy atom. The molecule has 0 radical (unpaired) electrons. The Morgan fingerprint density at radius 1 is 1.30 bits per heavy atom. The Kier molecular flexibility index (Phi) is 5.41. The maximum Gasteiger partial charge on any atom is 0.258 e. The molecule has 5 heteroatoms. The normalized spacial score (nSPS) is 20.1. The fourth-order valence-corrected chi connectivity index (χ4v) is 3.99. The molecule has 23 heavy (non-hydrogen) atoms. The number of halogens is 1. The van der Waals surface area contributed by atoms with Crippen LogP contribution in [0.1, 0.15) is 46.1 Å². The van der Waals surface area contributed by atoms with Crippen LogP contribution >= 0.6 is 15.9 Å². The topological polar surface area (TPSA) is 54.9 Å². The van der Waals surface area contributed by atoms with Crippen molar-refractivity contribution >= 4 is 21.8 Å². The molecule has 4 nitrogen and oxygen atoms in total. The molecule has 0 saturated carbocycles. The summed E-state index contributed by atoms with van der Waals surface area (Å²) in [7, 11) is 0. The van der Waals surface area contributed by atoms with Crippen LogP contribution in [0.3, 0.4) is 0 Å². The first-order valence-corrected chi connectivity index (χ1v) is 8.91. The van der Waals surface area contributed by atoms with Gasteiger partial charge >= 0.3 is 0 Å². The predicted octanol–water partition coefficient (Wildman–Crippen LogP) is 2.54. The molecule has 0 aliphatic carbocycles. The molecule has 1 amide bonds. The first-order chi connectivity index (χ1) is 10.6. The van der Waals surface area contributed by atoms with Crippen LogP contribution in [0, 0.1) is 6.92 Å². The van der Waals surface area contributed by atoms with E-state index < -0.39 is 0 Å². The van der Waals surface area contributed by atoms with Crippen LogP contribution in [0.4, 0.5) is 0 Å². The first-order valence-electron chi connectivity index (χ1n) is 8.12. The van der Waals surface area contributed by atoms with E-state index in [9.17, 15) is 4.79 Å². The summed E-state index contributed by atoms with van der Waals surface area (Å²) in [6.07, 6.45) is 1.94. The molecular formula is C18H28BrN2O2+. The fourth-order valence-electron chi connectivity index (χ4n) is 3.75. The number of nitrogens with two attached hydrogens (primary N) is 1. The van der Waals surface area contributed by atoms with Crippen molar-refractivity contribution in [3.63, 3.8) is 0 Å². The summed E-state index contributed by atoms with van der Waals surface area (Å²) < 4.78 is 6.65. The molecule has 1 saturated heterocycles. The van der Waals surface area contributed by atoms with E-state index in [0.717, 1.165) is 28.6 Å². The van der Waals surface area contributed by atoms with E-state index in [2.05, 4.69) is 54.3 Å². The number of nitrogens with one attached hydrogen (secondary N) is 1. The van der Waals surface area contributed by atoms with Gasteiger partial charge in [0.2, 0.25) is 0 Å². The molecule has 1 aromatic carbocycles. The minimum Gasteiger partial charge on any atom is -0.484 e. The van der Waals surface area contributed by atoms with Crippen molar-refractivity contribution < 1.29 is 14.8 Å². The summed E-state index contributed by atoms with van der Waals surface area (Å²) in [4.78, 5) is 12.2. The lowest BCUT2D eigenvalue weighted by atomic mass is 9.79. The summed E-state index contributed by atoms with van der Waals surface area (Å²) in [6, 6.07) is 5.93.